The molecule has 13 heteroatoms. The second kappa shape index (κ2) is 7.64. The van der Waals surface area contributed by atoms with Crippen LogP contribution in [0.2, 0.25) is 0 Å². The molecular formula is C17H12F3N5O4S. The summed E-state index contributed by atoms with van der Waals surface area (Å²) < 4.78 is 66.7. The standard InChI is InChI=1S/C17H12F3N5O4S/c1-8(15-11(19)4-9(5-21)6-22-15)23-13(26)7-25-17(27)24-12-3-2-10(18)14(20)16(12)30(25,28)29/h2-4,6,8H,7H2,1H3,(H,23,26)(H,24,27)/t8-/m1/s1. The van der Waals surface area contributed by atoms with Crippen molar-refractivity contribution in [2.45, 2.75) is 17.9 Å². The van der Waals surface area contributed by atoms with E-state index >= 15 is 0 Å². The van der Waals surface area contributed by atoms with Crippen LogP contribution in [0.25, 0.3) is 0 Å². The number of carbonyl (C=O) groups excluding carboxylic acids is 2. The maximum absolute atomic E-state index is 14.0. The number of rotatable bonds is 4. The van der Waals surface area contributed by atoms with Crippen molar-refractivity contribution in [1.82, 2.24) is 14.6 Å². The number of nitrogens with zero attached hydrogens (tertiary/aromatic N) is 3. The van der Waals surface area contributed by atoms with Gasteiger partial charge >= 0.3 is 6.03 Å². The quantitative estimate of drug-likeness (QED) is 0.746. The fraction of sp³-hybridized carbons (Fsp3) is 0.176. The SMILES string of the molecule is C[C@@H](NC(=O)CN1C(=O)Nc2ccc(F)c(F)c2S1(=O)=O)c1ncc(C#N)cc1F. The highest BCUT2D eigenvalue weighted by molar-refractivity contribution is 7.90. The van der Waals surface area contributed by atoms with Crippen LogP contribution in [0, 0.1) is 28.8 Å². The molecule has 156 valence electrons. The molecule has 1 atom stereocenters. The first-order chi connectivity index (χ1) is 14.1. The number of sulfonamides is 1. The van der Waals surface area contributed by atoms with Crippen LogP contribution in [0.1, 0.15) is 24.2 Å². The van der Waals surface area contributed by atoms with Crippen molar-refractivity contribution in [3.05, 3.63) is 53.1 Å². The van der Waals surface area contributed by atoms with Gasteiger partial charge < -0.3 is 10.6 Å². The first-order valence-electron chi connectivity index (χ1n) is 8.23. The fourth-order valence-corrected chi connectivity index (χ4v) is 4.24. The molecule has 0 saturated carbocycles. The molecule has 1 aromatic carbocycles. The number of urea groups is 1. The van der Waals surface area contributed by atoms with Crippen LogP contribution in [-0.4, -0.2) is 36.2 Å². The molecular weight excluding hydrogens is 427 g/mol. The lowest BCUT2D eigenvalue weighted by Crippen LogP contribution is -2.49. The second-order valence-electron chi connectivity index (χ2n) is 6.17. The Hall–Kier alpha value is -3.66. The summed E-state index contributed by atoms with van der Waals surface area (Å²) in [4.78, 5) is 27.0. The third kappa shape index (κ3) is 3.64. The van der Waals surface area contributed by atoms with Crippen molar-refractivity contribution >= 4 is 27.6 Å². The fourth-order valence-electron chi connectivity index (χ4n) is 2.75. The summed E-state index contributed by atoms with van der Waals surface area (Å²) in [6.45, 7) is 0.260. The molecule has 3 amide bonds. The van der Waals surface area contributed by atoms with Crippen LogP contribution in [0.4, 0.5) is 23.7 Å². The number of pyridine rings is 1. The minimum Gasteiger partial charge on any atom is -0.346 e. The summed E-state index contributed by atoms with van der Waals surface area (Å²) in [6, 6.07) is 1.82. The van der Waals surface area contributed by atoms with E-state index in [0.29, 0.717) is 6.07 Å². The molecule has 0 bridgehead atoms. The van der Waals surface area contributed by atoms with E-state index in [9.17, 15) is 31.2 Å². The van der Waals surface area contributed by atoms with Crippen LogP contribution >= 0.6 is 0 Å². The third-order valence-corrected chi connectivity index (χ3v) is 5.93. The average Bonchev–Trinajstić information content (AvgIpc) is 2.67. The molecule has 1 aromatic heterocycles. The maximum atomic E-state index is 14.0. The maximum Gasteiger partial charge on any atom is 0.336 e. The van der Waals surface area contributed by atoms with Gasteiger partial charge in [0.2, 0.25) is 5.91 Å². The number of fused-ring (bicyclic) bond motifs is 1. The van der Waals surface area contributed by atoms with Crippen molar-refractivity contribution in [1.29, 1.82) is 5.26 Å². The topological polar surface area (TPSA) is 132 Å². The summed E-state index contributed by atoms with van der Waals surface area (Å²) in [5.74, 6) is -5.06. The number of aromatic nitrogens is 1. The van der Waals surface area contributed by atoms with Gasteiger partial charge in [-0.1, -0.05) is 0 Å². The van der Waals surface area contributed by atoms with E-state index in [4.69, 9.17) is 5.26 Å². The molecule has 1 aliphatic heterocycles. The number of halogens is 3. The summed E-state index contributed by atoms with van der Waals surface area (Å²) in [5.41, 5.74) is -0.738. The van der Waals surface area contributed by atoms with Gasteiger partial charge in [-0.3, -0.25) is 9.78 Å². The monoisotopic (exact) mass is 439 g/mol. The molecule has 0 aliphatic carbocycles. The Balaban J connectivity index is 1.82. The first kappa shape index (κ1) is 21.1. The molecule has 0 radical (unpaired) electrons. The molecule has 0 fully saturated rings. The molecule has 2 aromatic rings. The summed E-state index contributed by atoms with van der Waals surface area (Å²) in [5, 5.41) is 13.0. The van der Waals surface area contributed by atoms with Gasteiger partial charge in [-0.25, -0.2) is 30.7 Å². The molecule has 2 heterocycles. The number of nitrogens with one attached hydrogen (secondary N) is 2. The summed E-state index contributed by atoms with van der Waals surface area (Å²) >= 11 is 0. The van der Waals surface area contributed by atoms with Crippen LogP contribution in [0.3, 0.4) is 0 Å². The number of hydrogen-bond donors (Lipinski definition) is 2. The van der Waals surface area contributed by atoms with E-state index in [1.165, 1.54) is 6.92 Å². The lowest BCUT2D eigenvalue weighted by Gasteiger charge is -2.28. The Bertz CT molecular complexity index is 1210. The Morgan fingerprint density at radius 1 is 1.33 bits per heavy atom. The van der Waals surface area contributed by atoms with E-state index in [2.05, 4.69) is 15.6 Å². The van der Waals surface area contributed by atoms with Crippen LogP contribution in [0.5, 0.6) is 0 Å². The predicted octanol–water partition coefficient (Wildman–Crippen LogP) is 1.78. The highest BCUT2D eigenvalue weighted by Crippen LogP contribution is 2.33. The zero-order chi connectivity index (χ0) is 22.2. The second-order valence-corrected chi connectivity index (χ2v) is 7.97. The van der Waals surface area contributed by atoms with Crippen molar-refractivity contribution in [2.24, 2.45) is 0 Å². The minimum absolute atomic E-state index is 0.0302. The first-order valence-corrected chi connectivity index (χ1v) is 9.67. The largest absolute Gasteiger partial charge is 0.346 e. The van der Waals surface area contributed by atoms with Gasteiger partial charge in [0.05, 0.1) is 23.0 Å². The molecule has 0 spiro atoms. The number of anilines is 1. The summed E-state index contributed by atoms with van der Waals surface area (Å²) in [6.07, 6.45) is 1.08. The summed E-state index contributed by atoms with van der Waals surface area (Å²) in [7, 11) is -4.88. The normalized spacial score (nSPS) is 15.6. The van der Waals surface area contributed by atoms with Crippen molar-refractivity contribution < 1.29 is 31.2 Å². The lowest BCUT2D eigenvalue weighted by molar-refractivity contribution is -0.121. The zero-order valence-electron chi connectivity index (χ0n) is 15.1. The van der Waals surface area contributed by atoms with Crippen molar-refractivity contribution in [3.63, 3.8) is 0 Å². The van der Waals surface area contributed by atoms with E-state index in [1.54, 1.807) is 6.07 Å². The molecule has 2 N–H and O–H groups in total. The highest BCUT2D eigenvalue weighted by Gasteiger charge is 2.41. The lowest BCUT2D eigenvalue weighted by atomic mass is 10.1. The van der Waals surface area contributed by atoms with Gasteiger partial charge in [-0.05, 0) is 25.1 Å². The van der Waals surface area contributed by atoms with Gasteiger partial charge in [-0.2, -0.15) is 5.26 Å². The van der Waals surface area contributed by atoms with E-state index < -0.39 is 62.6 Å². The molecule has 0 unspecified atom stereocenters. The molecule has 30 heavy (non-hydrogen) atoms. The molecule has 3 rings (SSSR count). The van der Waals surface area contributed by atoms with Gasteiger partial charge in [0.15, 0.2) is 11.6 Å². The minimum atomic E-state index is -4.88. The number of hydrogen-bond acceptors (Lipinski definition) is 6. The Kier molecular flexibility index (Phi) is 5.36. The Morgan fingerprint density at radius 3 is 2.67 bits per heavy atom. The van der Waals surface area contributed by atoms with Crippen molar-refractivity contribution in [3.8, 4) is 6.07 Å². The highest BCUT2D eigenvalue weighted by atomic mass is 32.2. The number of carbonyl (C=O) groups is 2. The molecule has 1 aliphatic rings. The van der Waals surface area contributed by atoms with Crippen LogP contribution in [0.15, 0.2) is 29.3 Å². The number of benzene rings is 1. The average molecular weight is 439 g/mol. The van der Waals surface area contributed by atoms with E-state index in [1.807, 2.05) is 0 Å². The number of amides is 3. The van der Waals surface area contributed by atoms with Crippen LogP contribution in [-0.2, 0) is 14.8 Å². The molecule has 9 nitrogen and oxygen atoms in total. The smallest absolute Gasteiger partial charge is 0.336 e. The third-order valence-electron chi connectivity index (χ3n) is 4.14. The Labute approximate surface area is 168 Å². The van der Waals surface area contributed by atoms with Crippen LogP contribution < -0.4 is 10.6 Å². The zero-order valence-corrected chi connectivity index (χ0v) is 15.9. The van der Waals surface area contributed by atoms with E-state index in [-0.39, 0.29) is 15.6 Å². The molecule has 0 saturated heterocycles. The van der Waals surface area contributed by atoms with Gasteiger partial charge in [0.25, 0.3) is 10.0 Å². The predicted molar refractivity (Wildman–Crippen MR) is 94.7 cm³/mol. The number of nitriles is 1. The van der Waals surface area contributed by atoms with Gasteiger partial charge in [0.1, 0.15) is 23.3 Å². The van der Waals surface area contributed by atoms with Gasteiger partial charge in [-0.15, -0.1) is 0 Å². The Morgan fingerprint density at radius 2 is 2.03 bits per heavy atom. The van der Waals surface area contributed by atoms with Gasteiger partial charge in [0, 0.05) is 6.20 Å². The van der Waals surface area contributed by atoms with E-state index in [0.717, 1.165) is 18.3 Å². The van der Waals surface area contributed by atoms with Crippen molar-refractivity contribution in [2.75, 3.05) is 11.9 Å².